The highest BCUT2D eigenvalue weighted by Crippen LogP contribution is 2.22. The molecule has 0 aromatic heterocycles. The van der Waals surface area contributed by atoms with E-state index in [-0.39, 0.29) is 11.4 Å². The highest BCUT2D eigenvalue weighted by Gasteiger charge is 2.15. The molecule has 0 fully saturated rings. The summed E-state index contributed by atoms with van der Waals surface area (Å²) in [5, 5.41) is 11.7. The fraction of sp³-hybridized carbons (Fsp3) is 0.188. The molecule has 0 unspecified atom stereocenters. The SMILES string of the molecule is CN(CCc1ccccc1)c1cccc(F)c1C(N)=NO. The van der Waals surface area contributed by atoms with Gasteiger partial charge >= 0.3 is 0 Å². The first-order valence-electron chi connectivity index (χ1n) is 6.65. The van der Waals surface area contributed by atoms with Gasteiger partial charge in [0.25, 0.3) is 0 Å². The Morgan fingerprint density at radius 2 is 1.90 bits per heavy atom. The normalized spacial score (nSPS) is 11.4. The van der Waals surface area contributed by atoms with Crippen molar-refractivity contribution in [2.24, 2.45) is 10.9 Å². The second kappa shape index (κ2) is 6.74. The number of nitrogens with zero attached hydrogens (tertiary/aromatic N) is 2. The van der Waals surface area contributed by atoms with Crippen LogP contribution in [0.2, 0.25) is 0 Å². The fourth-order valence-electron chi connectivity index (χ4n) is 2.20. The molecule has 0 aliphatic heterocycles. The van der Waals surface area contributed by atoms with E-state index in [1.807, 2.05) is 42.3 Å². The van der Waals surface area contributed by atoms with Gasteiger partial charge in [-0.2, -0.15) is 0 Å². The Bertz CT molecular complexity index is 629. The number of hydrogen-bond donors (Lipinski definition) is 2. The van der Waals surface area contributed by atoms with Crippen LogP contribution in [0.15, 0.2) is 53.7 Å². The predicted molar refractivity (Wildman–Crippen MR) is 82.3 cm³/mol. The summed E-state index contributed by atoms with van der Waals surface area (Å²) in [4.78, 5) is 1.89. The van der Waals surface area contributed by atoms with Crippen LogP contribution in [-0.4, -0.2) is 24.6 Å². The lowest BCUT2D eigenvalue weighted by Crippen LogP contribution is -2.25. The second-order valence-electron chi connectivity index (χ2n) is 4.78. The zero-order valence-electron chi connectivity index (χ0n) is 11.8. The number of oxime groups is 1. The molecule has 0 spiro atoms. The maximum absolute atomic E-state index is 13.9. The minimum absolute atomic E-state index is 0.121. The molecule has 4 nitrogen and oxygen atoms in total. The summed E-state index contributed by atoms with van der Waals surface area (Å²) < 4.78 is 13.9. The van der Waals surface area contributed by atoms with Crippen molar-refractivity contribution in [3.05, 3.63) is 65.5 Å². The standard InChI is InChI=1S/C16H18FN3O/c1-20(11-10-12-6-3-2-4-7-12)14-9-5-8-13(17)15(14)16(18)19-21/h2-9,21H,10-11H2,1H3,(H2,18,19). The van der Waals surface area contributed by atoms with E-state index in [2.05, 4.69) is 5.16 Å². The summed E-state index contributed by atoms with van der Waals surface area (Å²) in [7, 11) is 1.85. The predicted octanol–water partition coefficient (Wildman–Crippen LogP) is 2.60. The minimum Gasteiger partial charge on any atom is -0.409 e. The number of amidine groups is 1. The van der Waals surface area contributed by atoms with Gasteiger partial charge in [0.15, 0.2) is 5.84 Å². The topological polar surface area (TPSA) is 61.8 Å². The first-order chi connectivity index (χ1) is 10.1. The molecule has 2 rings (SSSR count). The average molecular weight is 287 g/mol. The quantitative estimate of drug-likeness (QED) is 0.384. The largest absolute Gasteiger partial charge is 0.409 e. The van der Waals surface area contributed by atoms with Crippen molar-refractivity contribution in [2.75, 3.05) is 18.5 Å². The van der Waals surface area contributed by atoms with Gasteiger partial charge in [0.05, 0.1) is 11.3 Å². The minimum atomic E-state index is -0.505. The summed E-state index contributed by atoms with van der Waals surface area (Å²) in [6.07, 6.45) is 0.823. The Labute approximate surface area is 123 Å². The Morgan fingerprint density at radius 3 is 2.57 bits per heavy atom. The van der Waals surface area contributed by atoms with Crippen LogP contribution < -0.4 is 10.6 Å². The van der Waals surface area contributed by atoms with Gasteiger partial charge in [0.2, 0.25) is 0 Å². The molecular weight excluding hydrogens is 269 g/mol. The monoisotopic (exact) mass is 287 g/mol. The van der Waals surface area contributed by atoms with E-state index < -0.39 is 5.82 Å². The Hall–Kier alpha value is -2.56. The Balaban J connectivity index is 2.19. The van der Waals surface area contributed by atoms with Crippen molar-refractivity contribution in [1.82, 2.24) is 0 Å². The van der Waals surface area contributed by atoms with Crippen molar-refractivity contribution >= 4 is 11.5 Å². The fourth-order valence-corrected chi connectivity index (χ4v) is 2.20. The molecule has 0 saturated heterocycles. The summed E-state index contributed by atoms with van der Waals surface area (Å²) in [6.45, 7) is 0.694. The lowest BCUT2D eigenvalue weighted by Gasteiger charge is -2.22. The van der Waals surface area contributed by atoms with E-state index in [1.165, 1.54) is 11.6 Å². The molecule has 0 aliphatic carbocycles. The van der Waals surface area contributed by atoms with Gasteiger partial charge < -0.3 is 15.8 Å². The van der Waals surface area contributed by atoms with Gasteiger partial charge in [-0.1, -0.05) is 41.6 Å². The molecule has 0 saturated carbocycles. The summed E-state index contributed by atoms with van der Waals surface area (Å²) in [6, 6.07) is 14.7. The highest BCUT2D eigenvalue weighted by molar-refractivity contribution is 6.02. The second-order valence-corrected chi connectivity index (χ2v) is 4.78. The summed E-state index contributed by atoms with van der Waals surface area (Å²) in [5.41, 5.74) is 7.49. The van der Waals surface area contributed by atoms with Crippen LogP contribution in [-0.2, 0) is 6.42 Å². The van der Waals surface area contributed by atoms with Crippen LogP contribution in [0.1, 0.15) is 11.1 Å². The zero-order valence-corrected chi connectivity index (χ0v) is 11.8. The third kappa shape index (κ3) is 3.51. The van der Waals surface area contributed by atoms with Gasteiger partial charge in [-0.05, 0) is 24.1 Å². The molecule has 110 valence electrons. The Kier molecular flexibility index (Phi) is 4.77. The van der Waals surface area contributed by atoms with Crippen molar-refractivity contribution in [3.63, 3.8) is 0 Å². The van der Waals surface area contributed by atoms with Gasteiger partial charge in [-0.25, -0.2) is 4.39 Å². The van der Waals surface area contributed by atoms with Crippen LogP contribution in [0.25, 0.3) is 0 Å². The molecule has 3 N–H and O–H groups in total. The zero-order chi connectivity index (χ0) is 15.2. The van der Waals surface area contributed by atoms with E-state index in [4.69, 9.17) is 10.9 Å². The maximum atomic E-state index is 13.9. The molecule has 0 bridgehead atoms. The lowest BCUT2D eigenvalue weighted by atomic mass is 10.1. The van der Waals surface area contributed by atoms with Gasteiger partial charge in [-0.3, -0.25) is 0 Å². The lowest BCUT2D eigenvalue weighted by molar-refractivity contribution is 0.318. The molecule has 0 radical (unpaired) electrons. The third-order valence-electron chi connectivity index (χ3n) is 3.35. The molecule has 5 heteroatoms. The number of benzene rings is 2. The van der Waals surface area contributed by atoms with Crippen molar-refractivity contribution in [3.8, 4) is 0 Å². The smallest absolute Gasteiger partial charge is 0.175 e. The van der Waals surface area contributed by atoms with E-state index in [9.17, 15) is 4.39 Å². The summed E-state index contributed by atoms with van der Waals surface area (Å²) >= 11 is 0. The number of rotatable bonds is 5. The van der Waals surface area contributed by atoms with E-state index >= 15 is 0 Å². The first-order valence-corrected chi connectivity index (χ1v) is 6.65. The molecule has 0 atom stereocenters. The van der Waals surface area contributed by atoms with Crippen LogP contribution in [0.5, 0.6) is 0 Å². The van der Waals surface area contributed by atoms with Gasteiger partial charge in [0.1, 0.15) is 5.82 Å². The van der Waals surface area contributed by atoms with Crippen molar-refractivity contribution < 1.29 is 9.60 Å². The Morgan fingerprint density at radius 1 is 1.19 bits per heavy atom. The maximum Gasteiger partial charge on any atom is 0.175 e. The van der Waals surface area contributed by atoms with Crippen LogP contribution in [0.3, 0.4) is 0 Å². The number of halogens is 1. The molecule has 2 aromatic rings. The third-order valence-corrected chi connectivity index (χ3v) is 3.35. The van der Waals surface area contributed by atoms with Crippen molar-refractivity contribution in [1.29, 1.82) is 0 Å². The molecule has 0 aliphatic rings. The molecule has 0 amide bonds. The van der Waals surface area contributed by atoms with Crippen molar-refractivity contribution in [2.45, 2.75) is 6.42 Å². The number of nitrogens with two attached hydrogens (primary N) is 1. The molecular formula is C16H18FN3O. The number of anilines is 1. The summed E-state index contributed by atoms with van der Waals surface area (Å²) in [5.74, 6) is -0.732. The van der Waals surface area contributed by atoms with Crippen LogP contribution >= 0.6 is 0 Å². The molecule has 21 heavy (non-hydrogen) atoms. The first kappa shape index (κ1) is 14.8. The van der Waals surface area contributed by atoms with Gasteiger partial charge in [0, 0.05) is 13.6 Å². The van der Waals surface area contributed by atoms with E-state index in [1.54, 1.807) is 12.1 Å². The highest BCUT2D eigenvalue weighted by atomic mass is 19.1. The average Bonchev–Trinajstić information content (AvgIpc) is 2.52. The van der Waals surface area contributed by atoms with Crippen LogP contribution in [0, 0.1) is 5.82 Å². The number of likely N-dealkylation sites (N-methyl/N-ethyl adjacent to an activating group) is 1. The molecule has 0 heterocycles. The van der Waals surface area contributed by atoms with E-state index in [0.717, 1.165) is 6.42 Å². The number of hydrogen-bond acceptors (Lipinski definition) is 3. The molecule has 2 aromatic carbocycles. The van der Waals surface area contributed by atoms with E-state index in [0.29, 0.717) is 12.2 Å². The van der Waals surface area contributed by atoms with Gasteiger partial charge in [-0.15, -0.1) is 0 Å². The van der Waals surface area contributed by atoms with Crippen LogP contribution in [0.4, 0.5) is 10.1 Å².